The van der Waals surface area contributed by atoms with Crippen LogP contribution in [0.15, 0.2) is 17.1 Å². The second-order valence-corrected chi connectivity index (χ2v) is 7.72. The lowest BCUT2D eigenvalue weighted by Gasteiger charge is -2.41. The molecular weight excluding hydrogens is 346 g/mol. The van der Waals surface area contributed by atoms with Crippen LogP contribution in [0.3, 0.4) is 0 Å². The molecule has 2 aliphatic heterocycles. The minimum Gasteiger partial charge on any atom is -0.396 e. The first-order valence-corrected chi connectivity index (χ1v) is 9.90. The first kappa shape index (κ1) is 18.5. The molecule has 2 N–H and O–H groups in total. The Bertz CT molecular complexity index is 855. The van der Waals surface area contributed by atoms with Crippen molar-refractivity contribution < 1.29 is 9.84 Å². The van der Waals surface area contributed by atoms with Crippen molar-refractivity contribution in [1.29, 1.82) is 0 Å². The van der Waals surface area contributed by atoms with Crippen LogP contribution >= 0.6 is 0 Å². The molecule has 0 bridgehead atoms. The Balaban J connectivity index is 1.80. The number of fused-ring (bicyclic) bond motifs is 1. The molecule has 4 rings (SSSR count). The Kier molecular flexibility index (Phi) is 5.21. The van der Waals surface area contributed by atoms with E-state index in [4.69, 9.17) is 9.84 Å². The fraction of sp³-hybridized carbons (Fsp3) is 0.684. The SMILES string of the molecule is C[C@@H]1CN(c2cc(=O)n(C)c3cn(C4CCCCO4)nc23)[C@@H](CCO)CN1. The second-order valence-electron chi connectivity index (χ2n) is 7.72. The molecule has 2 aromatic heterocycles. The maximum absolute atomic E-state index is 12.6. The Morgan fingerprint density at radius 3 is 3.00 bits per heavy atom. The topological polar surface area (TPSA) is 84.6 Å². The number of aromatic nitrogens is 3. The van der Waals surface area contributed by atoms with Gasteiger partial charge in [-0.3, -0.25) is 4.79 Å². The van der Waals surface area contributed by atoms with E-state index in [0.717, 1.165) is 55.7 Å². The average Bonchev–Trinajstić information content (AvgIpc) is 3.13. The van der Waals surface area contributed by atoms with E-state index in [1.165, 1.54) is 0 Å². The summed E-state index contributed by atoms with van der Waals surface area (Å²) in [4.78, 5) is 14.9. The highest BCUT2D eigenvalue weighted by Gasteiger charge is 2.29. The van der Waals surface area contributed by atoms with Crippen molar-refractivity contribution in [2.75, 3.05) is 31.2 Å². The lowest BCUT2D eigenvalue weighted by Crippen LogP contribution is -2.56. The summed E-state index contributed by atoms with van der Waals surface area (Å²) in [6.07, 6.45) is 5.67. The van der Waals surface area contributed by atoms with Crippen LogP contribution in [0.25, 0.3) is 11.0 Å². The van der Waals surface area contributed by atoms with Gasteiger partial charge in [0.25, 0.3) is 5.56 Å². The summed E-state index contributed by atoms with van der Waals surface area (Å²) >= 11 is 0. The predicted molar refractivity (Wildman–Crippen MR) is 104 cm³/mol. The maximum Gasteiger partial charge on any atom is 0.252 e. The molecule has 27 heavy (non-hydrogen) atoms. The van der Waals surface area contributed by atoms with Crippen LogP contribution in [0.2, 0.25) is 0 Å². The molecule has 0 aliphatic carbocycles. The zero-order chi connectivity index (χ0) is 19.0. The highest BCUT2D eigenvalue weighted by molar-refractivity contribution is 5.88. The first-order chi connectivity index (χ1) is 13.1. The minimum absolute atomic E-state index is 0.0458. The molecule has 2 fully saturated rings. The Labute approximate surface area is 158 Å². The molecule has 8 heteroatoms. The molecular formula is C19H29N5O3. The molecule has 1 unspecified atom stereocenters. The Morgan fingerprint density at radius 2 is 2.26 bits per heavy atom. The maximum atomic E-state index is 12.6. The highest BCUT2D eigenvalue weighted by atomic mass is 16.5. The number of anilines is 1. The summed E-state index contributed by atoms with van der Waals surface area (Å²) in [5, 5.41) is 17.8. The van der Waals surface area contributed by atoms with Gasteiger partial charge in [-0.05, 0) is 32.6 Å². The standard InChI is InChI=1S/C19H29N5O3/c1-13-11-23(14(6-7-25)10-20-13)15-9-17(26)22(2)16-12-24(21-19(15)16)18-5-3-4-8-27-18/h9,12-14,18,20,25H,3-8,10-11H2,1-2H3/t13-,14+,18?/m1/s1. The average molecular weight is 375 g/mol. The van der Waals surface area contributed by atoms with Crippen molar-refractivity contribution in [2.24, 2.45) is 7.05 Å². The molecule has 2 saturated heterocycles. The summed E-state index contributed by atoms with van der Waals surface area (Å²) in [5.41, 5.74) is 2.45. The van der Waals surface area contributed by atoms with Crippen LogP contribution in [0.1, 0.15) is 38.8 Å². The normalized spacial score (nSPS) is 26.6. The third kappa shape index (κ3) is 3.49. The number of nitrogens with zero attached hydrogens (tertiary/aromatic N) is 4. The summed E-state index contributed by atoms with van der Waals surface area (Å²) in [5.74, 6) is 0. The molecule has 8 nitrogen and oxygen atoms in total. The van der Waals surface area contributed by atoms with E-state index in [9.17, 15) is 9.90 Å². The van der Waals surface area contributed by atoms with Crippen LogP contribution in [0.4, 0.5) is 5.69 Å². The van der Waals surface area contributed by atoms with E-state index >= 15 is 0 Å². The van der Waals surface area contributed by atoms with Crippen LogP contribution in [0, 0.1) is 0 Å². The molecule has 0 aromatic carbocycles. The molecule has 0 amide bonds. The molecule has 0 radical (unpaired) electrons. The zero-order valence-corrected chi connectivity index (χ0v) is 16.1. The fourth-order valence-electron chi connectivity index (χ4n) is 4.17. The number of pyridine rings is 1. The van der Waals surface area contributed by atoms with Crippen molar-refractivity contribution in [1.82, 2.24) is 19.7 Å². The monoisotopic (exact) mass is 375 g/mol. The number of ether oxygens (including phenoxy) is 1. The molecule has 148 valence electrons. The summed E-state index contributed by atoms with van der Waals surface area (Å²) in [6.45, 7) is 4.57. The van der Waals surface area contributed by atoms with Gasteiger partial charge < -0.3 is 24.6 Å². The largest absolute Gasteiger partial charge is 0.396 e. The molecule has 2 aromatic rings. The van der Waals surface area contributed by atoms with Gasteiger partial charge in [0, 0.05) is 51.5 Å². The van der Waals surface area contributed by atoms with Crippen molar-refractivity contribution >= 4 is 16.7 Å². The first-order valence-electron chi connectivity index (χ1n) is 9.90. The molecule has 4 heterocycles. The highest BCUT2D eigenvalue weighted by Crippen LogP contribution is 2.30. The fourth-order valence-corrected chi connectivity index (χ4v) is 4.17. The van der Waals surface area contributed by atoms with E-state index in [2.05, 4.69) is 17.1 Å². The number of aryl methyl sites for hydroxylation is 1. The van der Waals surface area contributed by atoms with Crippen molar-refractivity contribution in [3.05, 3.63) is 22.6 Å². The van der Waals surface area contributed by atoms with Gasteiger partial charge in [-0.25, -0.2) is 4.68 Å². The quantitative estimate of drug-likeness (QED) is 0.829. The van der Waals surface area contributed by atoms with Crippen LogP contribution in [-0.2, 0) is 11.8 Å². The molecule has 3 atom stereocenters. The van der Waals surface area contributed by atoms with E-state index in [1.54, 1.807) is 17.7 Å². The Hall–Kier alpha value is -1.90. The summed E-state index contributed by atoms with van der Waals surface area (Å²) in [6, 6.07) is 2.13. The van der Waals surface area contributed by atoms with Crippen molar-refractivity contribution in [2.45, 2.75) is 50.9 Å². The number of rotatable bonds is 4. The summed E-state index contributed by atoms with van der Waals surface area (Å²) < 4.78 is 9.41. The van der Waals surface area contributed by atoms with E-state index < -0.39 is 0 Å². The van der Waals surface area contributed by atoms with Crippen LogP contribution in [-0.4, -0.2) is 57.8 Å². The van der Waals surface area contributed by atoms with Gasteiger partial charge >= 0.3 is 0 Å². The number of piperazine rings is 1. The van der Waals surface area contributed by atoms with E-state index in [-0.39, 0.29) is 24.4 Å². The number of hydrogen-bond acceptors (Lipinski definition) is 6. The number of aliphatic hydroxyl groups is 1. The van der Waals surface area contributed by atoms with Crippen LogP contribution in [0.5, 0.6) is 0 Å². The lowest BCUT2D eigenvalue weighted by atomic mass is 10.1. The minimum atomic E-state index is -0.0655. The predicted octanol–water partition coefficient (Wildman–Crippen LogP) is 0.983. The van der Waals surface area contributed by atoms with Crippen molar-refractivity contribution in [3.8, 4) is 0 Å². The van der Waals surface area contributed by atoms with Gasteiger partial charge in [-0.1, -0.05) is 0 Å². The zero-order valence-electron chi connectivity index (χ0n) is 16.1. The third-order valence-corrected chi connectivity index (χ3v) is 5.74. The van der Waals surface area contributed by atoms with Gasteiger partial charge in [0.15, 0.2) is 0 Å². The third-order valence-electron chi connectivity index (χ3n) is 5.74. The number of nitrogens with one attached hydrogen (secondary N) is 1. The number of aliphatic hydroxyl groups excluding tert-OH is 1. The van der Waals surface area contributed by atoms with Gasteiger partial charge in [-0.15, -0.1) is 0 Å². The van der Waals surface area contributed by atoms with Gasteiger partial charge in [0.2, 0.25) is 0 Å². The van der Waals surface area contributed by atoms with Crippen molar-refractivity contribution in [3.63, 3.8) is 0 Å². The van der Waals surface area contributed by atoms with Crippen LogP contribution < -0.4 is 15.8 Å². The smallest absolute Gasteiger partial charge is 0.252 e. The Morgan fingerprint density at radius 1 is 1.41 bits per heavy atom. The molecule has 0 spiro atoms. The molecule has 2 aliphatic rings. The lowest BCUT2D eigenvalue weighted by molar-refractivity contribution is -0.0390. The molecule has 0 saturated carbocycles. The second kappa shape index (κ2) is 7.61. The van der Waals surface area contributed by atoms with Gasteiger partial charge in [-0.2, -0.15) is 5.10 Å². The summed E-state index contributed by atoms with van der Waals surface area (Å²) in [7, 11) is 1.79. The van der Waals surface area contributed by atoms with Gasteiger partial charge in [0.1, 0.15) is 11.7 Å². The van der Waals surface area contributed by atoms with Gasteiger partial charge in [0.05, 0.1) is 17.4 Å². The number of hydrogen-bond donors (Lipinski definition) is 2. The van der Waals surface area contributed by atoms with E-state index in [0.29, 0.717) is 12.5 Å². The van der Waals surface area contributed by atoms with E-state index in [1.807, 2.05) is 10.9 Å².